The van der Waals surface area contributed by atoms with Gasteiger partial charge in [0.2, 0.25) is 0 Å². The quantitative estimate of drug-likeness (QED) is 0.427. The number of rotatable bonds is 5. The van der Waals surface area contributed by atoms with Crippen LogP contribution in [0.4, 0.5) is 0 Å². The minimum Gasteiger partial charge on any atom is -0.466 e. The summed E-state index contributed by atoms with van der Waals surface area (Å²) in [5.74, 6) is -0.0834. The molecule has 0 spiro atoms. The average Bonchev–Trinajstić information content (AvgIpc) is 2.04. The molecule has 0 N–H and O–H groups in total. The van der Waals surface area contributed by atoms with Crippen molar-refractivity contribution in [3.63, 3.8) is 0 Å². The van der Waals surface area contributed by atoms with Crippen LogP contribution >= 0.6 is 0 Å². The van der Waals surface area contributed by atoms with Gasteiger partial charge in [0, 0.05) is 29.8 Å². The highest BCUT2D eigenvalue weighted by Crippen LogP contribution is 1.95. The van der Waals surface area contributed by atoms with E-state index in [0.717, 1.165) is 16.7 Å². The smallest absolute Gasteiger partial charge is 0.302 e. The fraction of sp³-hybridized carbons (Fsp3) is 0.857. The van der Waals surface area contributed by atoms with Gasteiger partial charge in [-0.3, -0.25) is 4.79 Å². The zero-order valence-corrected chi connectivity index (χ0v) is 9.42. The Morgan fingerprint density at radius 3 is 2.73 bits per heavy atom. The van der Waals surface area contributed by atoms with E-state index in [2.05, 4.69) is 0 Å². The second-order valence-electron chi connectivity index (χ2n) is 2.41. The third-order valence-corrected chi connectivity index (χ3v) is 2.06. The molecule has 0 aliphatic heterocycles. The van der Waals surface area contributed by atoms with E-state index in [1.165, 1.54) is 0 Å². The molecule has 0 amide bonds. The first kappa shape index (κ1) is 10.6. The zero-order chi connectivity index (χ0) is 8.69. The maximum Gasteiger partial charge on any atom is 0.302 e. The number of carbonyl (C=O) groups excluding carboxylic acids is 1. The third-order valence-electron chi connectivity index (χ3n) is 1.48. The Balaban J connectivity index is 3.20. The highest BCUT2D eigenvalue weighted by atomic mass is 28.1. The monoisotopic (exact) mass is 176 g/mol. The highest BCUT2D eigenvalue weighted by molar-refractivity contribution is 6.18. The van der Waals surface area contributed by atoms with Gasteiger partial charge >= 0.3 is 5.97 Å². The minimum absolute atomic E-state index is 0.0834. The summed E-state index contributed by atoms with van der Waals surface area (Å²) in [5.41, 5.74) is 0. The maximum atomic E-state index is 10.7. The summed E-state index contributed by atoms with van der Waals surface area (Å²) in [6.07, 6.45) is 0.959. The summed E-state index contributed by atoms with van der Waals surface area (Å²) in [5, 5.41) is 0. The number of esters is 1. The summed E-state index contributed by atoms with van der Waals surface area (Å²) < 4.78 is 9.86. The Bertz CT molecular complexity index is 116. The molecule has 3 nitrogen and oxygen atoms in total. The van der Waals surface area contributed by atoms with Crippen LogP contribution in [0.15, 0.2) is 0 Å². The van der Waals surface area contributed by atoms with E-state index in [1.807, 2.05) is 6.92 Å². The Kier molecular flexibility index (Phi) is 6.16. The van der Waals surface area contributed by atoms with Crippen LogP contribution in [0.2, 0.25) is 6.04 Å². The minimum atomic E-state index is -0.0834. The Morgan fingerprint density at radius 2 is 2.27 bits per heavy atom. The van der Waals surface area contributed by atoms with Crippen LogP contribution in [0.5, 0.6) is 0 Å². The molecule has 0 bridgehead atoms. The lowest BCUT2D eigenvalue weighted by atomic mass is 10.3. The van der Waals surface area contributed by atoms with Crippen LogP contribution in [0.1, 0.15) is 13.3 Å². The number of hydrogen-bond donors (Lipinski definition) is 0. The number of hydrogen-bond acceptors (Lipinski definition) is 3. The molecule has 66 valence electrons. The molecule has 0 rings (SSSR count). The molecule has 0 heterocycles. The van der Waals surface area contributed by atoms with E-state index in [4.69, 9.17) is 9.47 Å². The molecule has 1 atom stereocenters. The topological polar surface area (TPSA) is 35.5 Å². The van der Waals surface area contributed by atoms with Crippen LogP contribution in [0, 0.1) is 0 Å². The van der Waals surface area contributed by atoms with E-state index in [9.17, 15) is 4.79 Å². The Hall–Kier alpha value is -0.353. The van der Waals surface area contributed by atoms with Gasteiger partial charge < -0.3 is 9.47 Å². The molecule has 4 heteroatoms. The predicted octanol–water partition coefficient (Wildman–Crippen LogP) is -0.262. The first-order valence-electron chi connectivity index (χ1n) is 3.89. The molecular weight excluding hydrogens is 160 g/mol. The summed E-state index contributed by atoms with van der Waals surface area (Å²) in [4.78, 5) is 10.7. The SMILES string of the molecule is COC(C)CCOC(=O)C[SiH3]. The fourth-order valence-corrected chi connectivity index (χ4v) is 0.763. The van der Waals surface area contributed by atoms with Crippen LogP contribution in [0.3, 0.4) is 0 Å². The van der Waals surface area contributed by atoms with Crippen molar-refractivity contribution < 1.29 is 14.3 Å². The van der Waals surface area contributed by atoms with E-state index < -0.39 is 0 Å². The lowest BCUT2D eigenvalue weighted by Crippen LogP contribution is -2.12. The highest BCUT2D eigenvalue weighted by Gasteiger charge is 2.01. The Morgan fingerprint density at radius 1 is 1.64 bits per heavy atom. The molecule has 0 saturated heterocycles. The van der Waals surface area contributed by atoms with Gasteiger partial charge in [-0.05, 0) is 6.92 Å². The van der Waals surface area contributed by atoms with Crippen molar-refractivity contribution in [1.82, 2.24) is 0 Å². The summed E-state index contributed by atoms with van der Waals surface area (Å²) in [7, 11) is 2.53. The zero-order valence-electron chi connectivity index (χ0n) is 7.42. The van der Waals surface area contributed by atoms with Gasteiger partial charge in [0.1, 0.15) is 0 Å². The molecule has 0 aromatic carbocycles. The van der Waals surface area contributed by atoms with E-state index >= 15 is 0 Å². The molecule has 1 unspecified atom stereocenters. The van der Waals surface area contributed by atoms with Gasteiger partial charge in [-0.1, -0.05) is 0 Å². The van der Waals surface area contributed by atoms with Crippen molar-refractivity contribution >= 4 is 16.2 Å². The van der Waals surface area contributed by atoms with E-state index in [-0.39, 0.29) is 12.1 Å². The second-order valence-corrected chi connectivity index (χ2v) is 3.12. The van der Waals surface area contributed by atoms with E-state index in [0.29, 0.717) is 12.7 Å². The first-order valence-corrected chi connectivity index (χ1v) is 5.30. The molecule has 0 aromatic heterocycles. The molecule has 0 saturated carbocycles. The molecule has 0 aromatic rings. The van der Waals surface area contributed by atoms with Crippen LogP contribution in [0.25, 0.3) is 0 Å². The normalized spacial score (nSPS) is 12.9. The second kappa shape index (κ2) is 6.36. The first-order chi connectivity index (χ1) is 5.20. The van der Waals surface area contributed by atoms with Gasteiger partial charge in [-0.2, -0.15) is 0 Å². The molecular formula is C7H16O3Si. The van der Waals surface area contributed by atoms with Crippen molar-refractivity contribution in [2.45, 2.75) is 25.5 Å². The molecule has 11 heavy (non-hydrogen) atoms. The molecule has 0 aliphatic rings. The molecule has 0 radical (unpaired) electrons. The van der Waals surface area contributed by atoms with Crippen LogP contribution in [-0.2, 0) is 14.3 Å². The van der Waals surface area contributed by atoms with E-state index in [1.54, 1.807) is 7.11 Å². The largest absolute Gasteiger partial charge is 0.466 e. The van der Waals surface area contributed by atoms with Gasteiger partial charge in [0.25, 0.3) is 0 Å². The maximum absolute atomic E-state index is 10.7. The molecule has 0 fully saturated rings. The molecule has 0 aliphatic carbocycles. The fourth-order valence-electron chi connectivity index (χ4n) is 0.559. The van der Waals surface area contributed by atoms with Gasteiger partial charge in [0.05, 0.1) is 12.7 Å². The number of carbonyl (C=O) groups is 1. The van der Waals surface area contributed by atoms with Crippen molar-refractivity contribution in [1.29, 1.82) is 0 Å². The standard InChI is InChI=1S/C7H16O3Si/c1-6(9-2)3-4-10-7(8)5-11/h6H,3-5H2,1-2,11H3. The summed E-state index contributed by atoms with van der Waals surface area (Å²) >= 11 is 0. The average molecular weight is 176 g/mol. The van der Waals surface area contributed by atoms with Crippen molar-refractivity contribution in [2.75, 3.05) is 13.7 Å². The Labute approximate surface area is 70.5 Å². The summed E-state index contributed by atoms with van der Waals surface area (Å²) in [6.45, 7) is 2.44. The van der Waals surface area contributed by atoms with Crippen molar-refractivity contribution in [2.24, 2.45) is 0 Å². The third kappa shape index (κ3) is 6.06. The van der Waals surface area contributed by atoms with Crippen LogP contribution < -0.4 is 0 Å². The predicted molar refractivity (Wildman–Crippen MR) is 46.8 cm³/mol. The number of ether oxygens (including phenoxy) is 2. The van der Waals surface area contributed by atoms with Crippen molar-refractivity contribution in [3.05, 3.63) is 0 Å². The van der Waals surface area contributed by atoms with Gasteiger partial charge in [-0.25, -0.2) is 0 Å². The van der Waals surface area contributed by atoms with Crippen molar-refractivity contribution in [3.8, 4) is 0 Å². The lowest BCUT2D eigenvalue weighted by Gasteiger charge is -2.08. The van der Waals surface area contributed by atoms with Gasteiger partial charge in [-0.15, -0.1) is 0 Å². The number of methoxy groups -OCH3 is 1. The summed E-state index contributed by atoms with van der Waals surface area (Å²) in [6, 6.07) is 0.585. The van der Waals surface area contributed by atoms with Crippen LogP contribution in [-0.4, -0.2) is 36.0 Å². The van der Waals surface area contributed by atoms with Gasteiger partial charge in [0.15, 0.2) is 0 Å². The lowest BCUT2D eigenvalue weighted by molar-refractivity contribution is -0.141.